The average molecular weight is 398 g/mol. The Bertz CT molecular complexity index is 1290. The van der Waals surface area contributed by atoms with Crippen LogP contribution in [0.25, 0.3) is 22.1 Å². The van der Waals surface area contributed by atoms with E-state index in [9.17, 15) is 0 Å². The molecule has 152 valence electrons. The van der Waals surface area contributed by atoms with E-state index in [1.54, 1.807) is 0 Å². The van der Waals surface area contributed by atoms with E-state index in [4.69, 9.17) is 4.42 Å². The van der Waals surface area contributed by atoms with E-state index in [0.29, 0.717) is 12.1 Å². The lowest BCUT2D eigenvalue weighted by molar-refractivity contribution is 0.191. The van der Waals surface area contributed by atoms with Gasteiger partial charge in [0.05, 0.1) is 17.9 Å². The summed E-state index contributed by atoms with van der Waals surface area (Å²) in [7, 11) is 2.27. The van der Waals surface area contributed by atoms with E-state index in [-0.39, 0.29) is 6.17 Å². The number of anilines is 1. The number of aromatic nitrogens is 1. The molecule has 1 aliphatic carbocycles. The van der Waals surface area contributed by atoms with Crippen LogP contribution in [0.15, 0.2) is 52.9 Å². The molecule has 0 saturated carbocycles. The van der Waals surface area contributed by atoms with Crippen molar-refractivity contribution in [3.63, 3.8) is 0 Å². The van der Waals surface area contributed by atoms with Gasteiger partial charge in [0, 0.05) is 22.5 Å². The SMILES string of the molecule is Cc1ccc2c(n1)oc1c(N3C4CCC(c5ccccc54)N(C)[C@@H]3C)c(C)ccc12. The lowest BCUT2D eigenvalue weighted by atomic mass is 9.84. The van der Waals surface area contributed by atoms with Gasteiger partial charge in [-0.3, -0.25) is 4.90 Å². The second-order valence-electron chi connectivity index (χ2n) is 8.96. The van der Waals surface area contributed by atoms with Gasteiger partial charge in [-0.15, -0.1) is 0 Å². The zero-order valence-electron chi connectivity index (χ0n) is 18.0. The number of hydrogen-bond donors (Lipinski definition) is 0. The largest absolute Gasteiger partial charge is 0.436 e. The van der Waals surface area contributed by atoms with Crippen molar-refractivity contribution >= 4 is 27.8 Å². The Morgan fingerprint density at radius 3 is 2.40 bits per heavy atom. The second kappa shape index (κ2) is 6.32. The van der Waals surface area contributed by atoms with Gasteiger partial charge in [-0.25, -0.2) is 4.98 Å². The van der Waals surface area contributed by atoms with Crippen molar-refractivity contribution in [3.8, 4) is 0 Å². The van der Waals surface area contributed by atoms with E-state index in [2.05, 4.69) is 84.2 Å². The maximum atomic E-state index is 6.45. The Labute approximate surface area is 177 Å². The summed E-state index contributed by atoms with van der Waals surface area (Å²) in [6.07, 6.45) is 2.61. The molecule has 0 amide bonds. The van der Waals surface area contributed by atoms with Crippen LogP contribution in [0, 0.1) is 13.8 Å². The Hall–Kier alpha value is -2.85. The van der Waals surface area contributed by atoms with Crippen molar-refractivity contribution in [2.45, 2.75) is 51.9 Å². The molecule has 0 spiro atoms. The van der Waals surface area contributed by atoms with Crippen LogP contribution < -0.4 is 4.90 Å². The fraction of sp³-hybridized carbons (Fsp3) is 0.346. The molecule has 30 heavy (non-hydrogen) atoms. The van der Waals surface area contributed by atoms with Crippen molar-refractivity contribution in [1.82, 2.24) is 9.88 Å². The highest BCUT2D eigenvalue weighted by Crippen LogP contribution is 2.51. The van der Waals surface area contributed by atoms with Crippen LogP contribution in [0.1, 0.15) is 54.2 Å². The number of nitrogens with zero attached hydrogens (tertiary/aromatic N) is 3. The zero-order chi connectivity index (χ0) is 20.6. The molecule has 2 unspecified atom stereocenters. The third-order valence-electron chi connectivity index (χ3n) is 7.33. The molecule has 2 aromatic heterocycles. The lowest BCUT2D eigenvalue weighted by Gasteiger charge is -2.39. The van der Waals surface area contributed by atoms with Gasteiger partial charge in [0.25, 0.3) is 0 Å². The topological polar surface area (TPSA) is 32.5 Å². The highest BCUT2D eigenvalue weighted by Gasteiger charge is 2.42. The number of fused-ring (bicyclic) bond motifs is 6. The summed E-state index contributed by atoms with van der Waals surface area (Å²) < 4.78 is 6.45. The van der Waals surface area contributed by atoms with Gasteiger partial charge in [0.15, 0.2) is 5.58 Å². The molecule has 7 rings (SSSR count). The average Bonchev–Trinajstić information content (AvgIpc) is 3.02. The minimum Gasteiger partial charge on any atom is -0.436 e. The van der Waals surface area contributed by atoms with E-state index < -0.39 is 0 Å². The van der Waals surface area contributed by atoms with Gasteiger partial charge in [-0.1, -0.05) is 36.4 Å². The Morgan fingerprint density at radius 2 is 1.60 bits per heavy atom. The first kappa shape index (κ1) is 18.0. The van der Waals surface area contributed by atoms with Crippen molar-refractivity contribution < 1.29 is 4.42 Å². The van der Waals surface area contributed by atoms with Gasteiger partial charge in [-0.05, 0) is 69.5 Å². The van der Waals surface area contributed by atoms with Crippen LogP contribution in [0.3, 0.4) is 0 Å². The van der Waals surface area contributed by atoms with Crippen molar-refractivity contribution in [2.24, 2.45) is 0 Å². The first-order valence-electron chi connectivity index (χ1n) is 10.9. The summed E-state index contributed by atoms with van der Waals surface area (Å²) >= 11 is 0. The number of furan rings is 1. The summed E-state index contributed by atoms with van der Waals surface area (Å²) in [5.41, 5.74) is 8.09. The number of hydrogen-bond acceptors (Lipinski definition) is 4. The molecule has 2 aliphatic heterocycles. The number of pyridine rings is 1. The van der Waals surface area contributed by atoms with E-state index >= 15 is 0 Å². The number of rotatable bonds is 1. The van der Waals surface area contributed by atoms with E-state index in [1.807, 2.05) is 6.92 Å². The van der Waals surface area contributed by atoms with Crippen LogP contribution >= 0.6 is 0 Å². The molecule has 1 fully saturated rings. The van der Waals surface area contributed by atoms with E-state index in [0.717, 1.165) is 34.2 Å². The van der Waals surface area contributed by atoms with Crippen LogP contribution in [-0.2, 0) is 0 Å². The highest BCUT2D eigenvalue weighted by molar-refractivity contribution is 6.08. The first-order chi connectivity index (χ1) is 14.5. The maximum absolute atomic E-state index is 6.45. The molecule has 4 aromatic rings. The number of benzene rings is 2. The Kier molecular flexibility index (Phi) is 3.79. The summed E-state index contributed by atoms with van der Waals surface area (Å²) in [5, 5.41) is 2.25. The van der Waals surface area contributed by atoms with Crippen molar-refractivity contribution in [3.05, 3.63) is 70.9 Å². The van der Waals surface area contributed by atoms with Gasteiger partial charge in [0.1, 0.15) is 0 Å². The predicted molar refractivity (Wildman–Crippen MR) is 122 cm³/mol. The molecule has 4 heteroatoms. The summed E-state index contributed by atoms with van der Waals surface area (Å²) in [5.74, 6) is 0. The quantitative estimate of drug-likeness (QED) is 0.379. The normalized spacial score (nSPS) is 23.9. The Morgan fingerprint density at radius 1 is 0.900 bits per heavy atom. The molecular formula is C26H27N3O. The minimum atomic E-state index is 0.266. The van der Waals surface area contributed by atoms with Crippen molar-refractivity contribution in [2.75, 3.05) is 11.9 Å². The van der Waals surface area contributed by atoms with Gasteiger partial charge in [0.2, 0.25) is 5.71 Å². The monoisotopic (exact) mass is 397 g/mol. The van der Waals surface area contributed by atoms with Crippen LogP contribution in [-0.4, -0.2) is 23.1 Å². The second-order valence-corrected chi connectivity index (χ2v) is 8.96. The minimum absolute atomic E-state index is 0.266. The molecule has 2 bridgehead atoms. The van der Waals surface area contributed by atoms with Crippen LogP contribution in [0.4, 0.5) is 5.69 Å². The third kappa shape index (κ3) is 2.34. The smallest absolute Gasteiger partial charge is 0.227 e. The first-order valence-corrected chi connectivity index (χ1v) is 10.9. The lowest BCUT2D eigenvalue weighted by Crippen LogP contribution is -2.43. The zero-order valence-corrected chi connectivity index (χ0v) is 18.0. The fourth-order valence-corrected chi connectivity index (χ4v) is 5.73. The predicted octanol–water partition coefficient (Wildman–Crippen LogP) is 6.27. The van der Waals surface area contributed by atoms with Crippen molar-refractivity contribution in [1.29, 1.82) is 0 Å². The molecule has 4 heterocycles. The number of aryl methyl sites for hydroxylation is 2. The third-order valence-corrected chi connectivity index (χ3v) is 7.33. The van der Waals surface area contributed by atoms with E-state index in [1.165, 1.54) is 28.8 Å². The summed E-state index contributed by atoms with van der Waals surface area (Å²) in [6, 6.07) is 18.5. The molecular weight excluding hydrogens is 370 g/mol. The molecule has 4 nitrogen and oxygen atoms in total. The summed E-state index contributed by atoms with van der Waals surface area (Å²) in [6.45, 7) is 6.55. The fourth-order valence-electron chi connectivity index (χ4n) is 5.73. The molecule has 3 atom stereocenters. The van der Waals surface area contributed by atoms with Gasteiger partial charge < -0.3 is 9.32 Å². The Balaban J connectivity index is 1.65. The maximum Gasteiger partial charge on any atom is 0.227 e. The van der Waals surface area contributed by atoms with Crippen LogP contribution in [0.5, 0.6) is 0 Å². The molecule has 0 radical (unpaired) electrons. The van der Waals surface area contributed by atoms with Crippen LogP contribution in [0.2, 0.25) is 0 Å². The van der Waals surface area contributed by atoms with Gasteiger partial charge in [-0.2, -0.15) is 0 Å². The summed E-state index contributed by atoms with van der Waals surface area (Å²) in [4.78, 5) is 9.82. The molecule has 2 aromatic carbocycles. The highest BCUT2D eigenvalue weighted by atomic mass is 16.3. The molecule has 3 aliphatic rings. The standard InChI is InChI=1S/C26H27N3O/c1-15-9-11-20-21-12-10-16(2)27-26(21)30-25(20)24(15)29-17(3)28(4)22-13-14-23(29)19-8-6-5-7-18(19)22/h5-12,17,22-23H,13-14H2,1-4H3/t17-,22?,23?/m0/s1. The molecule has 1 saturated heterocycles. The molecule has 0 N–H and O–H groups in total. The van der Waals surface area contributed by atoms with Gasteiger partial charge >= 0.3 is 0 Å².